The van der Waals surface area contributed by atoms with Gasteiger partial charge in [-0.25, -0.2) is 24.4 Å². The number of nitrogens with zero attached hydrogens (tertiary/aromatic N) is 7. The van der Waals surface area contributed by atoms with Gasteiger partial charge < -0.3 is 19.9 Å². The summed E-state index contributed by atoms with van der Waals surface area (Å²) in [5.41, 5.74) is 0. The molecule has 4 rings (SSSR count). The summed E-state index contributed by atoms with van der Waals surface area (Å²) in [6, 6.07) is 1.83. The van der Waals surface area contributed by atoms with E-state index in [2.05, 4.69) is 50.3 Å². The van der Waals surface area contributed by atoms with Crippen molar-refractivity contribution in [3.8, 4) is 0 Å². The minimum Gasteiger partial charge on any atom is -0.475 e. The number of carboxylic acid groups (broad SMARTS) is 3. The first-order valence-corrected chi connectivity index (χ1v) is 13.1. The predicted octanol–water partition coefficient (Wildman–Crippen LogP) is 3.28. The number of hydrogen-bond acceptors (Lipinski definition) is 8. The van der Waals surface area contributed by atoms with Gasteiger partial charge in [-0.05, 0) is 32.6 Å². The number of piperidine rings is 1. The monoisotopic (exact) mass is 685 g/mol. The smallest absolute Gasteiger partial charge is 0.475 e. The lowest BCUT2D eigenvalue weighted by Gasteiger charge is -2.40. The summed E-state index contributed by atoms with van der Waals surface area (Å²) in [5.74, 6) is -6.37. The van der Waals surface area contributed by atoms with E-state index in [0.29, 0.717) is 18.1 Å². The SMILES string of the molecule is CC(C)N1[C@H](Cn2cncn2)C[C@@H]2CN(Cc3nccn3C)CC[C@@H]21.O=C(O)C(F)(F)F.O=C(O)C(F)(F)F.O=C(O)C(F)(F)F. The number of carbonyl (C=O) groups is 3. The Balaban J connectivity index is 0.000000413. The second kappa shape index (κ2) is 16.6. The molecular weight excluding hydrogens is 653 g/mol. The number of rotatable bonds is 5. The fourth-order valence-electron chi connectivity index (χ4n) is 4.87. The van der Waals surface area contributed by atoms with E-state index in [0.717, 1.165) is 31.4 Å². The summed E-state index contributed by atoms with van der Waals surface area (Å²) in [5, 5.41) is 25.7. The van der Waals surface area contributed by atoms with Gasteiger partial charge in [-0.2, -0.15) is 44.6 Å². The van der Waals surface area contributed by atoms with Gasteiger partial charge >= 0.3 is 36.4 Å². The quantitative estimate of drug-likeness (QED) is 0.396. The van der Waals surface area contributed by atoms with Gasteiger partial charge in [-0.3, -0.25) is 14.5 Å². The Labute approximate surface area is 255 Å². The van der Waals surface area contributed by atoms with Crippen molar-refractivity contribution < 1.29 is 69.2 Å². The van der Waals surface area contributed by atoms with Gasteiger partial charge in [0.25, 0.3) is 0 Å². The van der Waals surface area contributed by atoms with E-state index in [1.165, 1.54) is 19.4 Å². The van der Waals surface area contributed by atoms with Gasteiger partial charge in [0.15, 0.2) is 0 Å². The molecule has 2 saturated heterocycles. The maximum Gasteiger partial charge on any atom is 0.490 e. The van der Waals surface area contributed by atoms with Crippen LogP contribution in [0, 0.1) is 5.92 Å². The number of likely N-dealkylation sites (tertiary alicyclic amines) is 2. The second-order valence-corrected chi connectivity index (χ2v) is 10.3. The highest BCUT2D eigenvalue weighted by atomic mass is 19.4. The number of alkyl halides is 9. The fraction of sp³-hybridized carbons (Fsp3) is 0.667. The second-order valence-electron chi connectivity index (χ2n) is 10.3. The molecule has 3 N–H and O–H groups in total. The number of aromatic nitrogens is 5. The summed E-state index contributed by atoms with van der Waals surface area (Å²) < 4.78 is 99.3. The summed E-state index contributed by atoms with van der Waals surface area (Å²) in [7, 11) is 2.08. The maximum absolute atomic E-state index is 10.6. The summed E-state index contributed by atoms with van der Waals surface area (Å²) in [6.45, 7) is 8.91. The Morgan fingerprint density at radius 2 is 1.43 bits per heavy atom. The van der Waals surface area contributed by atoms with Crippen molar-refractivity contribution in [3.05, 3.63) is 30.9 Å². The molecule has 0 saturated carbocycles. The van der Waals surface area contributed by atoms with Crippen molar-refractivity contribution in [2.24, 2.45) is 13.0 Å². The van der Waals surface area contributed by atoms with E-state index in [-0.39, 0.29) is 0 Å². The molecule has 0 spiro atoms. The average Bonchev–Trinajstić information content (AvgIpc) is 3.64. The third kappa shape index (κ3) is 13.2. The van der Waals surface area contributed by atoms with Gasteiger partial charge in [-0.1, -0.05) is 0 Å². The Hall–Kier alpha value is -3.95. The van der Waals surface area contributed by atoms with Crippen molar-refractivity contribution >= 4 is 17.9 Å². The molecular formula is C24H32F9N7O6. The standard InChI is InChI=1S/C18H29N7.3C2HF3O2/c1-14(2)25-16(10-24-13-19-12-21-24)8-15-9-23(6-4-17(15)25)11-18-20-5-7-22(18)3;3*3-2(4,5)1(6)7/h5,7,12-17H,4,6,8-11H2,1-3H3;3*(H,6,7)/t15-,16+,17+;;;/m1.../s1. The average molecular weight is 686 g/mol. The van der Waals surface area contributed by atoms with Gasteiger partial charge in [0, 0.05) is 50.7 Å². The van der Waals surface area contributed by atoms with E-state index in [9.17, 15) is 39.5 Å². The highest BCUT2D eigenvalue weighted by molar-refractivity contribution is 5.73. The number of imidazole rings is 1. The van der Waals surface area contributed by atoms with Crippen LogP contribution in [0.5, 0.6) is 0 Å². The lowest BCUT2D eigenvalue weighted by molar-refractivity contribution is -0.193. The summed E-state index contributed by atoms with van der Waals surface area (Å²) in [6.07, 6.45) is -5.34. The van der Waals surface area contributed by atoms with Crippen LogP contribution in [-0.4, -0.2) is 117 Å². The first kappa shape index (κ1) is 40.1. The third-order valence-electron chi connectivity index (χ3n) is 6.63. The first-order chi connectivity index (χ1) is 20.9. The first-order valence-electron chi connectivity index (χ1n) is 13.1. The Bertz CT molecular complexity index is 1190. The zero-order chi connectivity index (χ0) is 35.6. The highest BCUT2D eigenvalue weighted by Gasteiger charge is 2.45. The van der Waals surface area contributed by atoms with E-state index in [4.69, 9.17) is 29.7 Å². The molecule has 2 aromatic rings. The van der Waals surface area contributed by atoms with Crippen LogP contribution in [0.15, 0.2) is 25.0 Å². The molecule has 262 valence electrons. The number of fused-ring (bicyclic) bond motifs is 1. The van der Waals surface area contributed by atoms with Crippen molar-refractivity contribution in [2.45, 2.75) is 76.4 Å². The molecule has 4 heterocycles. The van der Waals surface area contributed by atoms with Crippen LogP contribution in [0.4, 0.5) is 39.5 Å². The van der Waals surface area contributed by atoms with Gasteiger partial charge in [0.1, 0.15) is 18.5 Å². The van der Waals surface area contributed by atoms with Gasteiger partial charge in [0.2, 0.25) is 0 Å². The molecule has 0 unspecified atom stereocenters. The largest absolute Gasteiger partial charge is 0.490 e. The van der Waals surface area contributed by atoms with Crippen LogP contribution in [0.25, 0.3) is 0 Å². The van der Waals surface area contributed by atoms with Crippen molar-refractivity contribution in [2.75, 3.05) is 13.1 Å². The Kier molecular flexibility index (Phi) is 14.4. The van der Waals surface area contributed by atoms with E-state index >= 15 is 0 Å². The lowest BCUT2D eigenvalue weighted by Crippen LogP contribution is -2.49. The van der Waals surface area contributed by atoms with Crippen LogP contribution >= 0.6 is 0 Å². The Morgan fingerprint density at radius 3 is 1.80 bits per heavy atom. The molecule has 0 radical (unpaired) electrons. The minimum atomic E-state index is -5.08. The fourth-order valence-corrected chi connectivity index (χ4v) is 4.87. The van der Waals surface area contributed by atoms with E-state index in [1.807, 2.05) is 23.4 Å². The van der Waals surface area contributed by atoms with Crippen molar-refractivity contribution in [1.82, 2.24) is 34.1 Å². The predicted molar refractivity (Wildman–Crippen MR) is 137 cm³/mol. The molecule has 2 aromatic heterocycles. The molecule has 46 heavy (non-hydrogen) atoms. The molecule has 0 aromatic carbocycles. The molecule has 13 nitrogen and oxygen atoms in total. The number of carboxylic acids is 3. The van der Waals surface area contributed by atoms with Gasteiger partial charge in [-0.15, -0.1) is 0 Å². The molecule has 22 heteroatoms. The zero-order valence-electron chi connectivity index (χ0n) is 24.5. The summed E-state index contributed by atoms with van der Waals surface area (Å²) in [4.78, 5) is 40.6. The Morgan fingerprint density at radius 1 is 0.935 bits per heavy atom. The molecule has 2 aliphatic rings. The highest BCUT2D eigenvalue weighted by Crippen LogP contribution is 2.38. The van der Waals surface area contributed by atoms with Crippen molar-refractivity contribution in [1.29, 1.82) is 0 Å². The topological polar surface area (TPSA) is 167 Å². The van der Waals surface area contributed by atoms with Crippen molar-refractivity contribution in [3.63, 3.8) is 0 Å². The van der Waals surface area contributed by atoms with Crippen LogP contribution in [0.1, 0.15) is 32.5 Å². The van der Waals surface area contributed by atoms with E-state index < -0.39 is 36.4 Å². The van der Waals surface area contributed by atoms with Crippen LogP contribution in [-0.2, 0) is 34.5 Å². The normalized spacial score (nSPS) is 20.3. The lowest BCUT2D eigenvalue weighted by atomic mass is 9.92. The van der Waals surface area contributed by atoms with Crippen LogP contribution in [0.2, 0.25) is 0 Å². The number of aryl methyl sites for hydroxylation is 1. The molecule has 0 aliphatic carbocycles. The van der Waals surface area contributed by atoms with Crippen LogP contribution < -0.4 is 0 Å². The number of hydrogen-bond donors (Lipinski definition) is 3. The van der Waals surface area contributed by atoms with Gasteiger partial charge in [0.05, 0.1) is 13.1 Å². The number of aliphatic carboxylic acids is 3. The minimum absolute atomic E-state index is 0.560. The third-order valence-corrected chi connectivity index (χ3v) is 6.63. The summed E-state index contributed by atoms with van der Waals surface area (Å²) >= 11 is 0. The zero-order valence-corrected chi connectivity index (χ0v) is 24.5. The molecule has 0 bridgehead atoms. The maximum atomic E-state index is 10.6. The molecule has 0 amide bonds. The molecule has 2 aliphatic heterocycles. The molecule has 2 fully saturated rings. The van der Waals surface area contributed by atoms with Crippen LogP contribution in [0.3, 0.4) is 0 Å². The number of halogens is 9. The molecule has 3 atom stereocenters. The van der Waals surface area contributed by atoms with E-state index in [1.54, 1.807) is 6.33 Å².